The van der Waals surface area contributed by atoms with Gasteiger partial charge in [0, 0.05) is 32.4 Å². The number of carbonyl (C=O) groups is 2. The van der Waals surface area contributed by atoms with E-state index >= 15 is 0 Å². The van der Waals surface area contributed by atoms with Crippen LogP contribution in [0, 0.1) is 12.8 Å². The molecule has 1 aliphatic rings. The second-order valence-corrected chi connectivity index (χ2v) is 5.18. The van der Waals surface area contributed by atoms with Crippen LogP contribution in [0.5, 0.6) is 0 Å². The van der Waals surface area contributed by atoms with Gasteiger partial charge in [-0.3, -0.25) is 9.59 Å². The van der Waals surface area contributed by atoms with Crippen molar-refractivity contribution in [3.05, 3.63) is 11.7 Å². The summed E-state index contributed by atoms with van der Waals surface area (Å²) in [6.07, 6.45) is 2.62. The summed E-state index contributed by atoms with van der Waals surface area (Å²) in [4.78, 5) is 28.6. The molecule has 110 valence electrons. The molecule has 1 atom stereocenters. The Hall–Kier alpha value is -1.92. The van der Waals surface area contributed by atoms with Gasteiger partial charge in [-0.05, 0) is 25.7 Å². The van der Waals surface area contributed by atoms with Crippen LogP contribution in [0.3, 0.4) is 0 Å². The van der Waals surface area contributed by atoms with Gasteiger partial charge in [0.25, 0.3) is 0 Å². The van der Waals surface area contributed by atoms with Crippen molar-refractivity contribution in [1.82, 2.24) is 15.0 Å². The number of carbonyl (C=O) groups excluding carboxylic acids is 1. The van der Waals surface area contributed by atoms with Crippen LogP contribution in [0.25, 0.3) is 0 Å². The van der Waals surface area contributed by atoms with E-state index in [-0.39, 0.29) is 18.2 Å². The third-order valence-electron chi connectivity index (χ3n) is 3.46. The smallest absolute Gasteiger partial charge is 0.303 e. The largest absolute Gasteiger partial charge is 0.481 e. The van der Waals surface area contributed by atoms with Crippen LogP contribution in [0.2, 0.25) is 0 Å². The van der Waals surface area contributed by atoms with Gasteiger partial charge in [0.15, 0.2) is 5.82 Å². The van der Waals surface area contributed by atoms with Gasteiger partial charge in [-0.25, -0.2) is 0 Å². The molecule has 1 aliphatic heterocycles. The van der Waals surface area contributed by atoms with E-state index in [0.29, 0.717) is 37.6 Å². The highest BCUT2D eigenvalue weighted by Crippen LogP contribution is 2.20. The Balaban J connectivity index is 1.81. The van der Waals surface area contributed by atoms with Crippen molar-refractivity contribution < 1.29 is 19.2 Å². The number of carboxylic acid groups (broad SMARTS) is 1. The summed E-state index contributed by atoms with van der Waals surface area (Å²) in [5.41, 5.74) is 0. The number of aliphatic carboxylic acids is 1. The lowest BCUT2D eigenvalue weighted by atomic mass is 9.94. The van der Waals surface area contributed by atoms with E-state index in [1.54, 1.807) is 11.8 Å². The van der Waals surface area contributed by atoms with Crippen molar-refractivity contribution in [2.75, 3.05) is 13.1 Å². The lowest BCUT2D eigenvalue weighted by Crippen LogP contribution is -2.40. The van der Waals surface area contributed by atoms with E-state index in [4.69, 9.17) is 9.63 Å². The number of hydrogen-bond donors (Lipinski definition) is 1. The van der Waals surface area contributed by atoms with Gasteiger partial charge in [-0.15, -0.1) is 0 Å². The van der Waals surface area contributed by atoms with Crippen molar-refractivity contribution in [3.8, 4) is 0 Å². The number of nitrogens with zero attached hydrogens (tertiary/aromatic N) is 3. The average molecular weight is 281 g/mol. The minimum Gasteiger partial charge on any atom is -0.481 e. The molecule has 0 bridgehead atoms. The number of hydrogen-bond acceptors (Lipinski definition) is 5. The molecule has 0 radical (unpaired) electrons. The summed E-state index contributed by atoms with van der Waals surface area (Å²) in [6.45, 7) is 2.97. The number of carboxylic acids is 1. The molecule has 1 aromatic heterocycles. The Morgan fingerprint density at radius 2 is 2.30 bits per heavy atom. The van der Waals surface area contributed by atoms with Gasteiger partial charge < -0.3 is 14.5 Å². The molecule has 7 nitrogen and oxygen atoms in total. The molecule has 0 aliphatic carbocycles. The molecule has 1 saturated heterocycles. The van der Waals surface area contributed by atoms with Crippen LogP contribution in [0.15, 0.2) is 4.52 Å². The molecule has 2 heterocycles. The maximum Gasteiger partial charge on any atom is 0.303 e. The number of likely N-dealkylation sites (tertiary alicyclic amines) is 1. The van der Waals surface area contributed by atoms with Crippen molar-refractivity contribution in [1.29, 1.82) is 0 Å². The van der Waals surface area contributed by atoms with Crippen LogP contribution >= 0.6 is 0 Å². The normalized spacial score (nSPS) is 19.1. The fourth-order valence-corrected chi connectivity index (χ4v) is 2.52. The quantitative estimate of drug-likeness (QED) is 0.865. The van der Waals surface area contributed by atoms with Crippen LogP contribution in [0.1, 0.15) is 37.4 Å². The number of aryl methyl sites for hydroxylation is 2. The summed E-state index contributed by atoms with van der Waals surface area (Å²) in [5.74, 6) is 0.319. The molecular formula is C13H19N3O4. The van der Waals surface area contributed by atoms with Gasteiger partial charge in [-0.2, -0.15) is 4.98 Å². The van der Waals surface area contributed by atoms with E-state index < -0.39 is 5.97 Å². The maximum absolute atomic E-state index is 12.1. The second kappa shape index (κ2) is 6.49. The number of piperidine rings is 1. The lowest BCUT2D eigenvalue weighted by Gasteiger charge is -2.32. The van der Waals surface area contributed by atoms with Crippen LogP contribution < -0.4 is 0 Å². The van der Waals surface area contributed by atoms with Crippen molar-refractivity contribution in [3.63, 3.8) is 0 Å². The third kappa shape index (κ3) is 4.04. The zero-order chi connectivity index (χ0) is 14.5. The molecular weight excluding hydrogens is 262 g/mol. The minimum absolute atomic E-state index is 0.0240. The summed E-state index contributed by atoms with van der Waals surface area (Å²) in [6, 6.07) is 0. The summed E-state index contributed by atoms with van der Waals surface area (Å²) >= 11 is 0. The summed E-state index contributed by atoms with van der Waals surface area (Å²) in [7, 11) is 0. The van der Waals surface area contributed by atoms with Gasteiger partial charge in [-0.1, -0.05) is 5.16 Å². The molecule has 2 rings (SSSR count). The van der Waals surface area contributed by atoms with E-state index in [0.717, 1.165) is 12.8 Å². The molecule has 1 amide bonds. The van der Waals surface area contributed by atoms with Gasteiger partial charge in [0.05, 0.1) is 0 Å². The minimum atomic E-state index is -0.800. The Morgan fingerprint density at radius 3 is 2.95 bits per heavy atom. The number of amides is 1. The molecule has 0 aromatic carbocycles. The first-order chi connectivity index (χ1) is 9.54. The zero-order valence-corrected chi connectivity index (χ0v) is 11.5. The van der Waals surface area contributed by atoms with E-state index in [2.05, 4.69) is 10.1 Å². The Morgan fingerprint density at radius 1 is 1.50 bits per heavy atom. The van der Waals surface area contributed by atoms with Gasteiger partial charge in [0.1, 0.15) is 0 Å². The lowest BCUT2D eigenvalue weighted by molar-refractivity contribution is -0.140. The molecule has 1 unspecified atom stereocenters. The Labute approximate surface area is 117 Å². The molecule has 0 saturated carbocycles. The third-order valence-corrected chi connectivity index (χ3v) is 3.46. The molecule has 20 heavy (non-hydrogen) atoms. The number of rotatable bonds is 5. The highest BCUT2D eigenvalue weighted by Gasteiger charge is 2.25. The van der Waals surface area contributed by atoms with E-state index in [1.165, 1.54) is 0 Å². The first-order valence-corrected chi connectivity index (χ1v) is 6.83. The predicted octanol–water partition coefficient (Wildman–Crippen LogP) is 1.02. The molecule has 1 N–H and O–H groups in total. The highest BCUT2D eigenvalue weighted by atomic mass is 16.5. The van der Waals surface area contributed by atoms with Gasteiger partial charge >= 0.3 is 5.97 Å². The van der Waals surface area contributed by atoms with Crippen molar-refractivity contribution >= 4 is 11.9 Å². The molecule has 1 fully saturated rings. The first-order valence-electron chi connectivity index (χ1n) is 6.83. The summed E-state index contributed by atoms with van der Waals surface area (Å²) in [5, 5.41) is 12.5. The molecule has 1 aromatic rings. The monoisotopic (exact) mass is 281 g/mol. The van der Waals surface area contributed by atoms with E-state index in [1.807, 2.05) is 0 Å². The second-order valence-electron chi connectivity index (χ2n) is 5.18. The van der Waals surface area contributed by atoms with Crippen molar-refractivity contribution in [2.24, 2.45) is 5.92 Å². The summed E-state index contributed by atoms with van der Waals surface area (Å²) < 4.78 is 4.97. The first kappa shape index (κ1) is 14.5. The highest BCUT2D eigenvalue weighted by molar-refractivity contribution is 5.76. The topological polar surface area (TPSA) is 96.5 Å². The fourth-order valence-electron chi connectivity index (χ4n) is 2.52. The van der Waals surface area contributed by atoms with E-state index in [9.17, 15) is 9.59 Å². The predicted molar refractivity (Wildman–Crippen MR) is 68.9 cm³/mol. The fraction of sp³-hybridized carbons (Fsp3) is 0.692. The van der Waals surface area contributed by atoms with Crippen LogP contribution in [0.4, 0.5) is 0 Å². The van der Waals surface area contributed by atoms with Crippen LogP contribution in [-0.2, 0) is 16.0 Å². The maximum atomic E-state index is 12.1. The van der Waals surface area contributed by atoms with Crippen molar-refractivity contribution in [2.45, 2.75) is 39.0 Å². The van der Waals surface area contributed by atoms with Gasteiger partial charge in [0.2, 0.25) is 11.8 Å². The number of aromatic nitrogens is 2. The molecule has 7 heteroatoms. The standard InChI is InChI=1S/C13H19N3O4/c1-9-14-11(20-15-9)4-5-12(17)16-6-2-3-10(8-16)7-13(18)19/h10H,2-8H2,1H3,(H,18,19). The van der Waals surface area contributed by atoms with Crippen LogP contribution in [-0.4, -0.2) is 45.1 Å². The SMILES string of the molecule is Cc1noc(CCC(=O)N2CCCC(CC(=O)O)C2)n1. The average Bonchev–Trinajstić information content (AvgIpc) is 2.81. The molecule has 0 spiro atoms. The Bertz CT molecular complexity index is 486. The Kier molecular flexibility index (Phi) is 4.70. The zero-order valence-electron chi connectivity index (χ0n) is 11.5.